The summed E-state index contributed by atoms with van der Waals surface area (Å²) in [5.41, 5.74) is 2.43. The van der Waals surface area contributed by atoms with E-state index in [0.717, 1.165) is 38.8 Å². The Hall–Kier alpha value is -0.860. The SMILES string of the molecule is CCN(CC)CCCc1ccc(CCC2(O)CCCCC2)cc1. The summed E-state index contributed by atoms with van der Waals surface area (Å²) in [5, 5.41) is 10.6. The van der Waals surface area contributed by atoms with Crippen LogP contribution in [-0.4, -0.2) is 35.2 Å². The smallest absolute Gasteiger partial charge is 0.0651 e. The van der Waals surface area contributed by atoms with E-state index >= 15 is 0 Å². The van der Waals surface area contributed by atoms with Crippen LogP contribution in [0.3, 0.4) is 0 Å². The zero-order valence-electron chi connectivity index (χ0n) is 15.2. The molecule has 1 aliphatic rings. The van der Waals surface area contributed by atoms with Crippen LogP contribution in [0.1, 0.15) is 69.9 Å². The van der Waals surface area contributed by atoms with Gasteiger partial charge in [0.2, 0.25) is 0 Å². The first-order chi connectivity index (χ1) is 11.1. The van der Waals surface area contributed by atoms with Gasteiger partial charge in [-0.3, -0.25) is 0 Å². The lowest BCUT2D eigenvalue weighted by atomic mass is 9.81. The topological polar surface area (TPSA) is 23.5 Å². The number of aliphatic hydroxyl groups is 1. The van der Waals surface area contributed by atoms with E-state index in [2.05, 4.69) is 43.0 Å². The van der Waals surface area contributed by atoms with Crippen LogP contribution in [-0.2, 0) is 12.8 Å². The Labute approximate surface area is 142 Å². The maximum Gasteiger partial charge on any atom is 0.0651 e. The third kappa shape index (κ3) is 6.27. The lowest BCUT2D eigenvalue weighted by Gasteiger charge is -2.32. The molecule has 2 nitrogen and oxygen atoms in total. The van der Waals surface area contributed by atoms with Crippen LogP contribution >= 0.6 is 0 Å². The molecule has 0 amide bonds. The van der Waals surface area contributed by atoms with E-state index in [4.69, 9.17) is 0 Å². The number of rotatable bonds is 9. The fourth-order valence-corrected chi connectivity index (χ4v) is 3.76. The molecule has 0 bridgehead atoms. The van der Waals surface area contributed by atoms with E-state index in [1.807, 2.05) is 0 Å². The van der Waals surface area contributed by atoms with Crippen LogP contribution in [0.4, 0.5) is 0 Å². The lowest BCUT2D eigenvalue weighted by molar-refractivity contribution is -0.00341. The van der Waals surface area contributed by atoms with Crippen LogP contribution < -0.4 is 0 Å². The molecule has 23 heavy (non-hydrogen) atoms. The highest BCUT2D eigenvalue weighted by Crippen LogP contribution is 2.31. The Morgan fingerprint density at radius 1 is 0.913 bits per heavy atom. The first-order valence-electron chi connectivity index (χ1n) is 9.68. The van der Waals surface area contributed by atoms with Gasteiger partial charge in [0.05, 0.1) is 5.60 Å². The minimum absolute atomic E-state index is 0.388. The molecular weight excluding hydrogens is 282 g/mol. The summed E-state index contributed by atoms with van der Waals surface area (Å²) in [7, 11) is 0. The summed E-state index contributed by atoms with van der Waals surface area (Å²) >= 11 is 0. The number of hydrogen-bond acceptors (Lipinski definition) is 2. The summed E-state index contributed by atoms with van der Waals surface area (Å²) in [6.45, 7) is 7.97. The number of nitrogens with zero attached hydrogens (tertiary/aromatic N) is 1. The van der Waals surface area contributed by atoms with Gasteiger partial charge < -0.3 is 10.0 Å². The van der Waals surface area contributed by atoms with Crippen LogP contribution in [0.5, 0.6) is 0 Å². The highest BCUT2D eigenvalue weighted by molar-refractivity contribution is 5.23. The summed E-state index contributed by atoms with van der Waals surface area (Å²) < 4.78 is 0. The maximum absolute atomic E-state index is 10.6. The molecule has 1 fully saturated rings. The zero-order valence-corrected chi connectivity index (χ0v) is 15.2. The predicted molar refractivity (Wildman–Crippen MR) is 98.9 cm³/mol. The van der Waals surface area contributed by atoms with E-state index in [1.165, 1.54) is 49.8 Å². The molecule has 0 aliphatic heterocycles. The van der Waals surface area contributed by atoms with Gasteiger partial charge >= 0.3 is 0 Å². The van der Waals surface area contributed by atoms with Crippen molar-refractivity contribution in [3.8, 4) is 0 Å². The van der Waals surface area contributed by atoms with Gasteiger partial charge in [-0.1, -0.05) is 57.4 Å². The maximum atomic E-state index is 10.6. The Morgan fingerprint density at radius 3 is 2.04 bits per heavy atom. The van der Waals surface area contributed by atoms with Crippen molar-refractivity contribution in [3.05, 3.63) is 35.4 Å². The van der Waals surface area contributed by atoms with Crippen molar-refractivity contribution < 1.29 is 5.11 Å². The van der Waals surface area contributed by atoms with Crippen molar-refractivity contribution in [1.29, 1.82) is 0 Å². The van der Waals surface area contributed by atoms with Crippen molar-refractivity contribution in [2.24, 2.45) is 0 Å². The minimum atomic E-state index is -0.388. The van der Waals surface area contributed by atoms with Gasteiger partial charge in [0.1, 0.15) is 0 Å². The van der Waals surface area contributed by atoms with Gasteiger partial charge in [0.15, 0.2) is 0 Å². The molecule has 0 aromatic heterocycles. The molecule has 1 N–H and O–H groups in total. The summed E-state index contributed by atoms with van der Waals surface area (Å²) in [4.78, 5) is 2.49. The molecule has 0 radical (unpaired) electrons. The number of hydrogen-bond donors (Lipinski definition) is 1. The first kappa shape index (κ1) is 18.5. The van der Waals surface area contributed by atoms with Crippen molar-refractivity contribution in [3.63, 3.8) is 0 Å². The Balaban J connectivity index is 1.73. The average Bonchev–Trinajstić information content (AvgIpc) is 2.59. The van der Waals surface area contributed by atoms with Gasteiger partial charge in [-0.2, -0.15) is 0 Å². The highest BCUT2D eigenvalue weighted by Gasteiger charge is 2.28. The fourth-order valence-electron chi connectivity index (χ4n) is 3.76. The van der Waals surface area contributed by atoms with Crippen molar-refractivity contribution in [2.45, 2.75) is 77.2 Å². The average molecular weight is 318 g/mol. The molecule has 0 unspecified atom stereocenters. The molecule has 0 spiro atoms. The summed E-state index contributed by atoms with van der Waals surface area (Å²) in [6.07, 6.45) is 10.0. The van der Waals surface area contributed by atoms with E-state index in [1.54, 1.807) is 0 Å². The molecule has 0 saturated heterocycles. The third-order valence-corrected chi connectivity index (χ3v) is 5.52. The number of aryl methyl sites for hydroxylation is 2. The van der Waals surface area contributed by atoms with Gasteiger partial charge in [-0.15, -0.1) is 0 Å². The van der Waals surface area contributed by atoms with Crippen LogP contribution in [0.2, 0.25) is 0 Å². The largest absolute Gasteiger partial charge is 0.390 e. The molecule has 1 aliphatic carbocycles. The van der Waals surface area contributed by atoms with Crippen LogP contribution in [0.25, 0.3) is 0 Å². The molecule has 0 atom stereocenters. The fraction of sp³-hybridized carbons (Fsp3) is 0.714. The Morgan fingerprint density at radius 2 is 1.48 bits per heavy atom. The third-order valence-electron chi connectivity index (χ3n) is 5.52. The van der Waals surface area contributed by atoms with E-state index in [-0.39, 0.29) is 5.60 Å². The molecule has 0 heterocycles. The van der Waals surface area contributed by atoms with Gasteiger partial charge in [-0.05, 0) is 69.3 Å². The molecule has 1 aromatic carbocycles. The van der Waals surface area contributed by atoms with E-state index in [9.17, 15) is 5.11 Å². The predicted octanol–water partition coefficient (Wildman–Crippen LogP) is 4.59. The normalized spacial score (nSPS) is 17.6. The molecule has 130 valence electrons. The Kier molecular flexibility index (Phi) is 7.58. The zero-order chi connectivity index (χ0) is 16.5. The minimum Gasteiger partial charge on any atom is -0.390 e. The standard InChI is InChI=1S/C21H35NO/c1-3-22(4-2)18-8-9-19-10-12-20(13-11-19)14-17-21(23)15-6-5-7-16-21/h10-13,23H,3-9,14-18H2,1-2H3. The highest BCUT2D eigenvalue weighted by atomic mass is 16.3. The van der Waals surface area contributed by atoms with Gasteiger partial charge in [0.25, 0.3) is 0 Å². The summed E-state index contributed by atoms with van der Waals surface area (Å²) in [6, 6.07) is 9.09. The van der Waals surface area contributed by atoms with Crippen molar-refractivity contribution >= 4 is 0 Å². The van der Waals surface area contributed by atoms with Gasteiger partial charge in [0, 0.05) is 0 Å². The second-order valence-electron chi connectivity index (χ2n) is 7.23. The lowest BCUT2D eigenvalue weighted by Crippen LogP contribution is -2.31. The molecule has 1 saturated carbocycles. The second-order valence-corrected chi connectivity index (χ2v) is 7.23. The van der Waals surface area contributed by atoms with E-state index in [0.29, 0.717) is 0 Å². The molecule has 2 heteroatoms. The second kappa shape index (κ2) is 9.44. The Bertz CT molecular complexity index is 430. The molecular formula is C21H35NO. The molecule has 2 rings (SSSR count). The molecule has 1 aromatic rings. The van der Waals surface area contributed by atoms with E-state index < -0.39 is 0 Å². The quantitative estimate of drug-likeness (QED) is 0.720. The first-order valence-corrected chi connectivity index (χ1v) is 9.68. The van der Waals surface area contributed by atoms with Crippen LogP contribution in [0.15, 0.2) is 24.3 Å². The van der Waals surface area contributed by atoms with Crippen LogP contribution in [0, 0.1) is 0 Å². The van der Waals surface area contributed by atoms with Gasteiger partial charge in [-0.25, -0.2) is 0 Å². The van der Waals surface area contributed by atoms with Crippen molar-refractivity contribution in [2.75, 3.05) is 19.6 Å². The monoisotopic (exact) mass is 317 g/mol. The summed E-state index contributed by atoms with van der Waals surface area (Å²) in [5.74, 6) is 0. The number of benzene rings is 1. The van der Waals surface area contributed by atoms with Crippen molar-refractivity contribution in [1.82, 2.24) is 4.90 Å².